The molecule has 106 valence electrons. The van der Waals surface area contributed by atoms with Crippen LogP contribution in [0.4, 0.5) is 5.69 Å². The summed E-state index contributed by atoms with van der Waals surface area (Å²) in [6.07, 6.45) is 1.59. The van der Waals surface area contributed by atoms with Gasteiger partial charge in [0.1, 0.15) is 11.8 Å². The molecule has 0 saturated carbocycles. The third kappa shape index (κ3) is 3.87. The van der Waals surface area contributed by atoms with Crippen LogP contribution in [-0.4, -0.2) is 11.9 Å². The molecule has 2 aromatic rings. The minimum Gasteiger partial charge on any atom is -0.467 e. The van der Waals surface area contributed by atoms with Crippen molar-refractivity contribution in [2.24, 2.45) is 0 Å². The lowest BCUT2D eigenvalue weighted by molar-refractivity contribution is -0.121. The molecule has 0 aliphatic heterocycles. The Morgan fingerprint density at radius 1 is 1.40 bits per heavy atom. The van der Waals surface area contributed by atoms with Crippen LogP contribution in [-0.2, 0) is 11.3 Å². The average molecular weight is 337 g/mol. The average Bonchev–Trinajstić information content (AvgIpc) is 2.93. The molecule has 2 N–H and O–H groups in total. The largest absolute Gasteiger partial charge is 0.467 e. The topological polar surface area (TPSA) is 54.3 Å². The van der Waals surface area contributed by atoms with Gasteiger partial charge in [0.25, 0.3) is 0 Å². The zero-order chi connectivity index (χ0) is 14.5. The Balaban J connectivity index is 1.92. The lowest BCUT2D eigenvalue weighted by Crippen LogP contribution is -2.37. The molecule has 0 saturated heterocycles. The molecule has 4 nitrogen and oxygen atoms in total. The summed E-state index contributed by atoms with van der Waals surface area (Å²) in [7, 11) is 0. The molecule has 0 fully saturated rings. The number of hydrogen-bond acceptors (Lipinski definition) is 3. The standard InChI is InChI=1S/C15H17BrN2O2/c1-10-5-6-12(16)8-14(10)18-11(2)15(19)17-9-13-4-3-7-20-13/h3-8,11,18H,9H2,1-2H3,(H,17,19). The van der Waals surface area contributed by atoms with Gasteiger partial charge in [-0.25, -0.2) is 0 Å². The second-order valence-electron chi connectivity index (χ2n) is 4.62. The Kier molecular flexibility index (Phi) is 4.84. The van der Waals surface area contributed by atoms with Crippen molar-refractivity contribution in [1.82, 2.24) is 5.32 Å². The molecule has 20 heavy (non-hydrogen) atoms. The highest BCUT2D eigenvalue weighted by molar-refractivity contribution is 9.10. The molecule has 1 aromatic heterocycles. The summed E-state index contributed by atoms with van der Waals surface area (Å²) in [5.41, 5.74) is 2.04. The number of rotatable bonds is 5. The number of benzene rings is 1. The summed E-state index contributed by atoms with van der Waals surface area (Å²) in [5.74, 6) is 0.671. The lowest BCUT2D eigenvalue weighted by Gasteiger charge is -2.16. The van der Waals surface area contributed by atoms with E-state index in [4.69, 9.17) is 4.42 Å². The van der Waals surface area contributed by atoms with Gasteiger partial charge in [-0.2, -0.15) is 0 Å². The molecule has 1 amide bonds. The monoisotopic (exact) mass is 336 g/mol. The van der Waals surface area contributed by atoms with Crippen LogP contribution in [0.3, 0.4) is 0 Å². The highest BCUT2D eigenvalue weighted by Crippen LogP contribution is 2.21. The fourth-order valence-corrected chi connectivity index (χ4v) is 2.15. The fraction of sp³-hybridized carbons (Fsp3) is 0.267. The van der Waals surface area contributed by atoms with Crippen LogP contribution in [0.5, 0.6) is 0 Å². The van der Waals surface area contributed by atoms with Crippen LogP contribution in [0.15, 0.2) is 45.5 Å². The fourth-order valence-electron chi connectivity index (χ4n) is 1.79. The van der Waals surface area contributed by atoms with Crippen molar-refractivity contribution < 1.29 is 9.21 Å². The van der Waals surface area contributed by atoms with E-state index >= 15 is 0 Å². The van der Waals surface area contributed by atoms with Gasteiger partial charge in [0, 0.05) is 10.2 Å². The van der Waals surface area contributed by atoms with Gasteiger partial charge in [-0.15, -0.1) is 0 Å². The number of nitrogens with one attached hydrogen (secondary N) is 2. The third-order valence-corrected chi connectivity index (χ3v) is 3.48. The zero-order valence-electron chi connectivity index (χ0n) is 11.4. The van der Waals surface area contributed by atoms with Gasteiger partial charge in [0.2, 0.25) is 5.91 Å². The van der Waals surface area contributed by atoms with E-state index in [-0.39, 0.29) is 11.9 Å². The molecule has 2 rings (SSSR count). The molecule has 0 radical (unpaired) electrons. The summed E-state index contributed by atoms with van der Waals surface area (Å²) < 4.78 is 6.16. The molecule has 1 heterocycles. The quantitative estimate of drug-likeness (QED) is 0.878. The van der Waals surface area contributed by atoms with Gasteiger partial charge in [-0.3, -0.25) is 4.79 Å². The van der Waals surface area contributed by atoms with E-state index in [2.05, 4.69) is 26.6 Å². The number of carbonyl (C=O) groups is 1. The van der Waals surface area contributed by atoms with Gasteiger partial charge >= 0.3 is 0 Å². The van der Waals surface area contributed by atoms with Crippen molar-refractivity contribution in [3.63, 3.8) is 0 Å². The third-order valence-electron chi connectivity index (χ3n) is 2.98. The van der Waals surface area contributed by atoms with Crippen LogP contribution in [0, 0.1) is 6.92 Å². The Bertz CT molecular complexity index is 582. The predicted octanol–water partition coefficient (Wildman–Crippen LogP) is 3.47. The van der Waals surface area contributed by atoms with E-state index in [9.17, 15) is 4.79 Å². The molecular weight excluding hydrogens is 320 g/mol. The first-order chi connectivity index (χ1) is 9.56. The van der Waals surface area contributed by atoms with Gasteiger partial charge in [0.15, 0.2) is 0 Å². The zero-order valence-corrected chi connectivity index (χ0v) is 13.0. The normalized spacial score (nSPS) is 11.9. The first-order valence-electron chi connectivity index (χ1n) is 6.39. The van der Waals surface area contributed by atoms with E-state index in [1.165, 1.54) is 0 Å². The number of furan rings is 1. The van der Waals surface area contributed by atoms with Crippen LogP contribution in [0.2, 0.25) is 0 Å². The summed E-state index contributed by atoms with van der Waals surface area (Å²) in [5, 5.41) is 6.04. The molecule has 0 aliphatic carbocycles. The molecular formula is C15H17BrN2O2. The lowest BCUT2D eigenvalue weighted by atomic mass is 10.2. The second kappa shape index (κ2) is 6.61. The molecule has 0 spiro atoms. The highest BCUT2D eigenvalue weighted by Gasteiger charge is 2.13. The first kappa shape index (κ1) is 14.7. The summed E-state index contributed by atoms with van der Waals surface area (Å²) >= 11 is 3.43. The Hall–Kier alpha value is -1.75. The van der Waals surface area contributed by atoms with E-state index in [0.29, 0.717) is 6.54 Å². The predicted molar refractivity (Wildman–Crippen MR) is 82.5 cm³/mol. The van der Waals surface area contributed by atoms with Crippen molar-refractivity contribution in [3.05, 3.63) is 52.4 Å². The van der Waals surface area contributed by atoms with Crippen molar-refractivity contribution in [2.75, 3.05) is 5.32 Å². The van der Waals surface area contributed by atoms with E-state index < -0.39 is 0 Å². The van der Waals surface area contributed by atoms with Gasteiger partial charge in [-0.05, 0) is 43.7 Å². The minimum atomic E-state index is -0.321. The number of halogens is 1. The number of aryl methyl sites for hydroxylation is 1. The van der Waals surface area contributed by atoms with Gasteiger partial charge in [-0.1, -0.05) is 22.0 Å². The van der Waals surface area contributed by atoms with Gasteiger partial charge in [0.05, 0.1) is 12.8 Å². The summed E-state index contributed by atoms with van der Waals surface area (Å²) in [6, 6.07) is 9.25. The van der Waals surface area contributed by atoms with Gasteiger partial charge < -0.3 is 15.1 Å². The highest BCUT2D eigenvalue weighted by atomic mass is 79.9. The van der Waals surface area contributed by atoms with Crippen LogP contribution in [0.25, 0.3) is 0 Å². The van der Waals surface area contributed by atoms with Crippen molar-refractivity contribution in [1.29, 1.82) is 0 Å². The molecule has 1 aromatic carbocycles. The first-order valence-corrected chi connectivity index (χ1v) is 7.18. The second-order valence-corrected chi connectivity index (χ2v) is 5.54. The maximum Gasteiger partial charge on any atom is 0.242 e. The van der Waals surface area contributed by atoms with E-state index in [1.807, 2.05) is 38.1 Å². The molecule has 1 unspecified atom stereocenters. The molecule has 0 aliphatic rings. The summed E-state index contributed by atoms with van der Waals surface area (Å²) in [6.45, 7) is 4.23. The van der Waals surface area contributed by atoms with Crippen molar-refractivity contribution in [3.8, 4) is 0 Å². The Morgan fingerprint density at radius 3 is 2.90 bits per heavy atom. The van der Waals surface area contributed by atoms with E-state index in [1.54, 1.807) is 12.3 Å². The molecule has 5 heteroatoms. The number of hydrogen-bond donors (Lipinski definition) is 2. The maximum absolute atomic E-state index is 12.0. The summed E-state index contributed by atoms with van der Waals surface area (Å²) in [4.78, 5) is 12.0. The Labute approximate surface area is 126 Å². The van der Waals surface area contributed by atoms with E-state index in [0.717, 1.165) is 21.5 Å². The van der Waals surface area contributed by atoms with Crippen LogP contribution < -0.4 is 10.6 Å². The number of anilines is 1. The van der Waals surface area contributed by atoms with Crippen LogP contribution >= 0.6 is 15.9 Å². The number of amides is 1. The molecule has 0 bridgehead atoms. The van der Waals surface area contributed by atoms with Crippen molar-refractivity contribution in [2.45, 2.75) is 26.4 Å². The Morgan fingerprint density at radius 2 is 2.20 bits per heavy atom. The minimum absolute atomic E-state index is 0.0687. The molecule has 1 atom stereocenters. The maximum atomic E-state index is 12.0. The van der Waals surface area contributed by atoms with Crippen molar-refractivity contribution >= 4 is 27.5 Å². The smallest absolute Gasteiger partial charge is 0.242 e. The number of carbonyl (C=O) groups excluding carboxylic acids is 1. The van der Waals surface area contributed by atoms with Crippen LogP contribution in [0.1, 0.15) is 18.2 Å². The SMILES string of the molecule is Cc1ccc(Br)cc1NC(C)C(=O)NCc1ccco1.